The molecule has 0 saturated heterocycles. The lowest BCUT2D eigenvalue weighted by atomic mass is 10.2. The zero-order valence-electron chi connectivity index (χ0n) is 10.8. The summed E-state index contributed by atoms with van der Waals surface area (Å²) in [6.45, 7) is 2.46. The molecular weight excluding hydrogens is 278 g/mol. The van der Waals surface area contributed by atoms with Gasteiger partial charge in [0, 0.05) is 10.9 Å². The van der Waals surface area contributed by atoms with Gasteiger partial charge < -0.3 is 10.5 Å². The quantitative estimate of drug-likeness (QED) is 0.879. The molecule has 0 aliphatic carbocycles. The van der Waals surface area contributed by atoms with Crippen molar-refractivity contribution in [3.05, 3.63) is 40.9 Å². The summed E-state index contributed by atoms with van der Waals surface area (Å²) in [5, 5.41) is 4.43. The van der Waals surface area contributed by atoms with Crippen LogP contribution < -0.4 is 15.8 Å². The Morgan fingerprint density at radius 3 is 2.60 bits per heavy atom. The van der Waals surface area contributed by atoms with Crippen molar-refractivity contribution in [2.24, 2.45) is 5.73 Å². The SMILES string of the molecule is CCOc1ccc(C(=O)Nc2nc(C(N)=O)cs2)cc1. The summed E-state index contributed by atoms with van der Waals surface area (Å²) < 4.78 is 5.30. The van der Waals surface area contributed by atoms with Crippen molar-refractivity contribution < 1.29 is 14.3 Å². The minimum absolute atomic E-state index is 0.136. The molecule has 7 heteroatoms. The van der Waals surface area contributed by atoms with Crippen molar-refractivity contribution in [3.63, 3.8) is 0 Å². The lowest BCUT2D eigenvalue weighted by molar-refractivity contribution is 0.0992. The van der Waals surface area contributed by atoms with Gasteiger partial charge in [0.25, 0.3) is 11.8 Å². The average molecular weight is 291 g/mol. The predicted molar refractivity (Wildman–Crippen MR) is 76.2 cm³/mol. The molecule has 104 valence electrons. The van der Waals surface area contributed by atoms with Crippen LogP contribution in [0.25, 0.3) is 0 Å². The summed E-state index contributed by atoms with van der Waals surface area (Å²) in [6, 6.07) is 6.75. The van der Waals surface area contributed by atoms with Crippen LogP contribution in [-0.2, 0) is 0 Å². The Kier molecular flexibility index (Phi) is 4.31. The van der Waals surface area contributed by atoms with E-state index in [1.165, 1.54) is 5.38 Å². The van der Waals surface area contributed by atoms with Crippen LogP contribution in [0.5, 0.6) is 5.75 Å². The topological polar surface area (TPSA) is 94.3 Å². The number of carbonyl (C=O) groups excluding carboxylic acids is 2. The molecule has 0 spiro atoms. The lowest BCUT2D eigenvalue weighted by Gasteiger charge is -2.04. The third-order valence-corrected chi connectivity index (χ3v) is 3.16. The predicted octanol–water partition coefficient (Wildman–Crippen LogP) is 1.89. The molecule has 2 aromatic rings. The molecule has 1 heterocycles. The largest absolute Gasteiger partial charge is 0.494 e. The van der Waals surface area contributed by atoms with E-state index in [0.29, 0.717) is 23.1 Å². The van der Waals surface area contributed by atoms with Crippen LogP contribution >= 0.6 is 11.3 Å². The molecule has 0 unspecified atom stereocenters. The van der Waals surface area contributed by atoms with E-state index >= 15 is 0 Å². The van der Waals surface area contributed by atoms with Crippen LogP contribution in [0.4, 0.5) is 5.13 Å². The first-order valence-corrected chi connectivity index (χ1v) is 6.77. The molecule has 0 bridgehead atoms. The number of nitrogens with one attached hydrogen (secondary N) is 1. The maximum Gasteiger partial charge on any atom is 0.268 e. The number of nitrogens with two attached hydrogens (primary N) is 1. The van der Waals surface area contributed by atoms with Crippen LogP contribution in [-0.4, -0.2) is 23.4 Å². The van der Waals surface area contributed by atoms with Crippen molar-refractivity contribution in [2.75, 3.05) is 11.9 Å². The van der Waals surface area contributed by atoms with Gasteiger partial charge >= 0.3 is 0 Å². The molecule has 20 heavy (non-hydrogen) atoms. The highest BCUT2D eigenvalue weighted by Gasteiger charge is 2.11. The van der Waals surface area contributed by atoms with Crippen LogP contribution in [0.15, 0.2) is 29.6 Å². The fraction of sp³-hybridized carbons (Fsp3) is 0.154. The molecule has 0 aliphatic rings. The molecule has 1 aromatic carbocycles. The Bertz CT molecular complexity index is 622. The van der Waals surface area contributed by atoms with Crippen molar-refractivity contribution in [1.29, 1.82) is 0 Å². The van der Waals surface area contributed by atoms with E-state index in [1.807, 2.05) is 6.92 Å². The smallest absolute Gasteiger partial charge is 0.268 e. The number of nitrogens with zero attached hydrogens (tertiary/aromatic N) is 1. The number of aromatic nitrogens is 1. The Balaban J connectivity index is 2.05. The van der Waals surface area contributed by atoms with E-state index in [2.05, 4.69) is 10.3 Å². The van der Waals surface area contributed by atoms with Crippen molar-refractivity contribution in [2.45, 2.75) is 6.92 Å². The first kappa shape index (κ1) is 14.0. The number of primary amides is 1. The van der Waals surface area contributed by atoms with Gasteiger partial charge in [0.2, 0.25) is 0 Å². The zero-order valence-corrected chi connectivity index (χ0v) is 11.6. The number of rotatable bonds is 5. The zero-order chi connectivity index (χ0) is 14.5. The van der Waals surface area contributed by atoms with Gasteiger partial charge in [-0.3, -0.25) is 14.9 Å². The molecule has 0 saturated carbocycles. The van der Waals surface area contributed by atoms with E-state index in [9.17, 15) is 9.59 Å². The molecule has 3 N–H and O–H groups in total. The molecule has 0 radical (unpaired) electrons. The maximum absolute atomic E-state index is 12.0. The van der Waals surface area contributed by atoms with Gasteiger partial charge in [-0.25, -0.2) is 4.98 Å². The van der Waals surface area contributed by atoms with E-state index in [1.54, 1.807) is 24.3 Å². The summed E-state index contributed by atoms with van der Waals surface area (Å²) in [5.41, 5.74) is 5.71. The molecule has 0 fully saturated rings. The van der Waals surface area contributed by atoms with Gasteiger partial charge in [0.1, 0.15) is 11.4 Å². The number of carbonyl (C=O) groups is 2. The molecular formula is C13H13N3O3S. The molecule has 2 amide bonds. The van der Waals surface area contributed by atoms with Crippen LogP contribution in [0.3, 0.4) is 0 Å². The summed E-state index contributed by atoms with van der Waals surface area (Å²) in [4.78, 5) is 26.8. The van der Waals surface area contributed by atoms with Crippen molar-refractivity contribution in [1.82, 2.24) is 4.98 Å². The van der Waals surface area contributed by atoms with Crippen LogP contribution in [0, 0.1) is 0 Å². The third-order valence-electron chi connectivity index (χ3n) is 2.40. The highest BCUT2D eigenvalue weighted by Crippen LogP contribution is 2.17. The fourth-order valence-corrected chi connectivity index (χ4v) is 2.18. The van der Waals surface area contributed by atoms with Gasteiger partial charge in [-0.1, -0.05) is 0 Å². The Hall–Kier alpha value is -2.41. The van der Waals surface area contributed by atoms with Crippen LogP contribution in [0.1, 0.15) is 27.8 Å². The number of thiazole rings is 1. The monoisotopic (exact) mass is 291 g/mol. The number of hydrogen-bond donors (Lipinski definition) is 2. The second-order valence-electron chi connectivity index (χ2n) is 3.81. The number of anilines is 1. The minimum Gasteiger partial charge on any atom is -0.494 e. The minimum atomic E-state index is -0.622. The van der Waals surface area contributed by atoms with Crippen molar-refractivity contribution in [3.8, 4) is 5.75 Å². The molecule has 0 atom stereocenters. The standard InChI is InChI=1S/C13H13N3O3S/c1-2-19-9-5-3-8(4-6-9)12(18)16-13-15-10(7-20-13)11(14)17/h3-7H,2H2,1H3,(H2,14,17)(H,15,16,18). The Labute approximate surface area is 119 Å². The summed E-state index contributed by atoms with van der Waals surface area (Å²) in [5.74, 6) is -0.226. The second-order valence-corrected chi connectivity index (χ2v) is 4.67. The van der Waals surface area contributed by atoms with Gasteiger partial charge in [-0.2, -0.15) is 0 Å². The highest BCUT2D eigenvalue weighted by molar-refractivity contribution is 7.14. The van der Waals surface area contributed by atoms with Gasteiger partial charge in [0.05, 0.1) is 6.61 Å². The summed E-state index contributed by atoms with van der Waals surface area (Å²) in [6.07, 6.45) is 0. The molecule has 1 aromatic heterocycles. The van der Waals surface area contributed by atoms with Gasteiger partial charge in [0.15, 0.2) is 5.13 Å². The first-order chi connectivity index (χ1) is 9.60. The molecule has 0 aliphatic heterocycles. The first-order valence-electron chi connectivity index (χ1n) is 5.89. The molecule has 2 rings (SSSR count). The third kappa shape index (κ3) is 3.33. The maximum atomic E-state index is 12.0. The number of benzene rings is 1. The fourth-order valence-electron chi connectivity index (χ4n) is 1.48. The summed E-state index contributed by atoms with van der Waals surface area (Å²) >= 11 is 1.14. The number of ether oxygens (including phenoxy) is 1. The van der Waals surface area contributed by atoms with E-state index < -0.39 is 5.91 Å². The van der Waals surface area contributed by atoms with Crippen molar-refractivity contribution >= 4 is 28.3 Å². The number of hydrogen-bond acceptors (Lipinski definition) is 5. The molecule has 6 nitrogen and oxygen atoms in total. The second kappa shape index (κ2) is 6.16. The van der Waals surface area contributed by atoms with Gasteiger partial charge in [-0.05, 0) is 31.2 Å². The van der Waals surface area contributed by atoms with Gasteiger partial charge in [-0.15, -0.1) is 11.3 Å². The van der Waals surface area contributed by atoms with Crippen LogP contribution in [0.2, 0.25) is 0 Å². The van der Waals surface area contributed by atoms with E-state index in [-0.39, 0.29) is 11.6 Å². The highest BCUT2D eigenvalue weighted by atomic mass is 32.1. The van der Waals surface area contributed by atoms with E-state index in [4.69, 9.17) is 10.5 Å². The summed E-state index contributed by atoms with van der Waals surface area (Å²) in [7, 11) is 0. The Morgan fingerprint density at radius 1 is 1.35 bits per heavy atom. The van der Waals surface area contributed by atoms with E-state index in [0.717, 1.165) is 11.3 Å². The lowest BCUT2D eigenvalue weighted by Crippen LogP contribution is -2.14. The normalized spacial score (nSPS) is 10.1. The number of amides is 2. The Morgan fingerprint density at radius 2 is 2.05 bits per heavy atom. The average Bonchev–Trinajstić information content (AvgIpc) is 2.88.